The number of aromatic nitrogens is 2. The van der Waals surface area contributed by atoms with Crippen LogP contribution in [0.4, 0.5) is 19.0 Å². The third-order valence-corrected chi connectivity index (χ3v) is 7.81. The van der Waals surface area contributed by atoms with E-state index in [-0.39, 0.29) is 22.9 Å². The Morgan fingerprint density at radius 2 is 1.84 bits per heavy atom. The zero-order chi connectivity index (χ0) is 27.3. The topological polar surface area (TPSA) is 78.9 Å². The highest BCUT2D eigenvalue weighted by molar-refractivity contribution is 7.99. The van der Waals surface area contributed by atoms with Gasteiger partial charge in [-0.25, -0.2) is 14.8 Å². The standard InChI is InChI=1S/C25H30F3N6O3S/c1-24(2,3)37-22(36)20-17(21(35)32-12-14-38-16-32)15-34(13-4-5-18(20)34)33-10-8-31(9-11-33)19-6-7-29-23(30-19)25(26,27)28/h4-7,13H,8-12,14-16H2,1-3H3/q+1/t34-/m1/s1. The number of piperazine rings is 1. The van der Waals surface area contributed by atoms with Gasteiger partial charge in [0.25, 0.3) is 5.91 Å². The van der Waals surface area contributed by atoms with Crippen LogP contribution in [-0.2, 0) is 20.5 Å². The van der Waals surface area contributed by atoms with Crippen molar-refractivity contribution < 1.29 is 32.1 Å². The summed E-state index contributed by atoms with van der Waals surface area (Å²) in [7, 11) is 0. The highest BCUT2D eigenvalue weighted by Gasteiger charge is 2.54. The molecule has 0 spiro atoms. The van der Waals surface area contributed by atoms with Gasteiger partial charge in [0, 0.05) is 37.7 Å². The molecule has 5 rings (SSSR count). The molecule has 2 fully saturated rings. The Kier molecular flexibility index (Phi) is 6.81. The van der Waals surface area contributed by atoms with Gasteiger partial charge < -0.3 is 14.5 Å². The lowest BCUT2D eigenvalue weighted by molar-refractivity contribution is -0.948. The molecule has 204 valence electrons. The number of nitrogens with zero attached hydrogens (tertiary/aromatic N) is 6. The number of esters is 1. The van der Waals surface area contributed by atoms with Gasteiger partial charge in [-0.1, -0.05) is 0 Å². The number of carbonyl (C=O) groups excluding carboxylic acids is 2. The maximum absolute atomic E-state index is 13.6. The Morgan fingerprint density at radius 3 is 2.47 bits per heavy atom. The summed E-state index contributed by atoms with van der Waals surface area (Å²) in [6.07, 6.45) is 2.19. The number of alkyl halides is 3. The Hall–Kier alpha value is -2.90. The number of anilines is 1. The SMILES string of the molecule is CC(C)(C)OC(=O)C1=C(C(=O)N2CCSC2)C[N@+]2(N3CCN(c4ccnc(C(F)(F)F)n4)CC3)C=CC=C12. The summed E-state index contributed by atoms with van der Waals surface area (Å²) in [4.78, 5) is 37.7. The molecule has 9 nitrogen and oxygen atoms in total. The molecule has 4 aliphatic heterocycles. The largest absolute Gasteiger partial charge is 0.456 e. The van der Waals surface area contributed by atoms with Crippen LogP contribution in [0.15, 0.2) is 47.5 Å². The first-order chi connectivity index (χ1) is 17.9. The fourth-order valence-corrected chi connectivity index (χ4v) is 6.11. The molecular weight excluding hydrogens is 521 g/mol. The molecule has 0 radical (unpaired) electrons. The molecule has 1 aromatic heterocycles. The van der Waals surface area contributed by atoms with Gasteiger partial charge in [0.1, 0.15) is 29.7 Å². The number of halogens is 3. The van der Waals surface area contributed by atoms with Crippen molar-refractivity contribution in [1.29, 1.82) is 0 Å². The highest BCUT2D eigenvalue weighted by Crippen LogP contribution is 2.43. The summed E-state index contributed by atoms with van der Waals surface area (Å²) in [6, 6.07) is 1.47. The van der Waals surface area contributed by atoms with E-state index in [9.17, 15) is 22.8 Å². The number of thioether (sulfide) groups is 1. The number of amides is 1. The smallest absolute Gasteiger partial charge is 0.451 e. The molecule has 4 aliphatic rings. The molecule has 0 aliphatic carbocycles. The molecule has 0 aromatic carbocycles. The molecule has 2 saturated heterocycles. The van der Waals surface area contributed by atoms with Crippen LogP contribution in [0.1, 0.15) is 26.6 Å². The summed E-state index contributed by atoms with van der Waals surface area (Å²) >= 11 is 1.67. The third-order valence-electron chi connectivity index (χ3n) is 6.84. The minimum Gasteiger partial charge on any atom is -0.456 e. The normalized spacial score (nSPS) is 24.2. The summed E-state index contributed by atoms with van der Waals surface area (Å²) in [5.74, 6) is -0.198. The number of ether oxygens (including phenoxy) is 1. The van der Waals surface area contributed by atoms with Crippen molar-refractivity contribution in [3.8, 4) is 0 Å². The van der Waals surface area contributed by atoms with E-state index in [1.54, 1.807) is 42.3 Å². The first kappa shape index (κ1) is 26.7. The van der Waals surface area contributed by atoms with Crippen LogP contribution in [0.2, 0.25) is 0 Å². The van der Waals surface area contributed by atoms with E-state index in [4.69, 9.17) is 4.74 Å². The van der Waals surface area contributed by atoms with Gasteiger partial charge in [-0.3, -0.25) is 4.79 Å². The molecule has 1 atom stereocenters. The van der Waals surface area contributed by atoms with Gasteiger partial charge >= 0.3 is 12.1 Å². The summed E-state index contributed by atoms with van der Waals surface area (Å²) in [5.41, 5.74) is 0.694. The average molecular weight is 552 g/mol. The Labute approximate surface area is 223 Å². The van der Waals surface area contributed by atoms with Crippen LogP contribution in [0.25, 0.3) is 0 Å². The molecule has 0 saturated carbocycles. The fraction of sp³-hybridized carbons (Fsp3) is 0.520. The monoisotopic (exact) mass is 551 g/mol. The van der Waals surface area contributed by atoms with E-state index in [1.807, 2.05) is 18.4 Å². The van der Waals surface area contributed by atoms with Gasteiger partial charge in [-0.15, -0.1) is 16.8 Å². The van der Waals surface area contributed by atoms with Crippen LogP contribution < -0.4 is 4.90 Å². The van der Waals surface area contributed by atoms with Crippen LogP contribution in [0.3, 0.4) is 0 Å². The number of allylic oxidation sites excluding steroid dienone is 2. The summed E-state index contributed by atoms with van der Waals surface area (Å²) in [5, 5.41) is 2.14. The van der Waals surface area contributed by atoms with E-state index in [0.29, 0.717) is 55.4 Å². The van der Waals surface area contributed by atoms with Crippen molar-refractivity contribution in [3.05, 3.63) is 53.3 Å². The lowest BCUT2D eigenvalue weighted by Crippen LogP contribution is -2.61. The number of rotatable bonds is 4. The van der Waals surface area contributed by atoms with Crippen molar-refractivity contribution in [3.63, 3.8) is 0 Å². The zero-order valence-corrected chi connectivity index (χ0v) is 22.3. The van der Waals surface area contributed by atoms with E-state index < -0.39 is 23.6 Å². The Morgan fingerprint density at radius 1 is 1.11 bits per heavy atom. The van der Waals surface area contributed by atoms with Gasteiger partial charge in [-0.05, 0) is 32.9 Å². The number of hydrogen-bond donors (Lipinski definition) is 0. The summed E-state index contributed by atoms with van der Waals surface area (Å²) < 4.78 is 45.3. The van der Waals surface area contributed by atoms with Crippen molar-refractivity contribution in [2.75, 3.05) is 55.8 Å². The molecule has 0 unspecified atom stereocenters. The van der Waals surface area contributed by atoms with Gasteiger partial charge in [0.05, 0.1) is 24.5 Å². The van der Waals surface area contributed by atoms with Crippen molar-refractivity contribution in [2.24, 2.45) is 0 Å². The van der Waals surface area contributed by atoms with Crippen molar-refractivity contribution in [2.45, 2.75) is 32.5 Å². The quantitative estimate of drug-likeness (QED) is 0.418. The second-order valence-electron chi connectivity index (χ2n) is 10.5. The summed E-state index contributed by atoms with van der Waals surface area (Å²) in [6.45, 7) is 8.08. The van der Waals surface area contributed by atoms with Crippen LogP contribution >= 0.6 is 11.8 Å². The second-order valence-corrected chi connectivity index (χ2v) is 11.6. The second kappa shape index (κ2) is 9.69. The van der Waals surface area contributed by atoms with Crippen LogP contribution in [0.5, 0.6) is 0 Å². The minimum atomic E-state index is -4.62. The molecule has 5 heterocycles. The predicted octanol–water partition coefficient (Wildman–Crippen LogP) is 2.95. The first-order valence-corrected chi connectivity index (χ1v) is 13.6. The van der Waals surface area contributed by atoms with Crippen molar-refractivity contribution in [1.82, 2.24) is 19.9 Å². The van der Waals surface area contributed by atoms with E-state index >= 15 is 0 Å². The van der Waals surface area contributed by atoms with Gasteiger partial charge in [0.2, 0.25) is 5.82 Å². The van der Waals surface area contributed by atoms with E-state index in [0.717, 1.165) is 11.9 Å². The maximum Gasteiger partial charge on any atom is 0.451 e. The van der Waals surface area contributed by atoms with Gasteiger partial charge in [0.15, 0.2) is 5.70 Å². The lowest BCUT2D eigenvalue weighted by Gasteiger charge is -2.44. The van der Waals surface area contributed by atoms with E-state index in [1.165, 1.54) is 6.07 Å². The lowest BCUT2D eigenvalue weighted by atomic mass is 10.1. The molecule has 38 heavy (non-hydrogen) atoms. The minimum absolute atomic E-state index is 0.156. The Balaban J connectivity index is 1.40. The zero-order valence-electron chi connectivity index (χ0n) is 21.5. The Bertz CT molecular complexity index is 1230. The number of carbonyl (C=O) groups is 2. The van der Waals surface area contributed by atoms with Gasteiger partial charge in [-0.2, -0.15) is 17.8 Å². The molecule has 1 aromatic rings. The van der Waals surface area contributed by atoms with Crippen LogP contribution in [-0.4, -0.2) is 92.8 Å². The van der Waals surface area contributed by atoms with E-state index in [2.05, 4.69) is 15.0 Å². The number of fused-ring (bicyclic) bond motifs is 1. The molecular formula is C25H30F3N6O3S+. The highest BCUT2D eigenvalue weighted by atomic mass is 32.2. The first-order valence-electron chi connectivity index (χ1n) is 12.4. The fourth-order valence-electron chi connectivity index (χ4n) is 5.16. The third kappa shape index (κ3) is 4.94. The molecule has 0 N–H and O–H groups in total. The van der Waals surface area contributed by atoms with Crippen LogP contribution in [0, 0.1) is 0 Å². The van der Waals surface area contributed by atoms with Crippen molar-refractivity contribution >= 4 is 29.5 Å². The number of quaternary nitrogens is 1. The molecule has 0 bridgehead atoms. The maximum atomic E-state index is 13.6. The molecule has 13 heteroatoms. The predicted molar refractivity (Wildman–Crippen MR) is 135 cm³/mol. The molecule has 1 amide bonds. The average Bonchev–Trinajstić information content (AvgIpc) is 3.58. The number of hydrogen-bond acceptors (Lipinski definition) is 8.